The van der Waals surface area contributed by atoms with Crippen LogP contribution in [0.2, 0.25) is 0 Å². The Hall–Kier alpha value is -3.55. The Labute approximate surface area is 131 Å². The standard InChI is InChI=1S/C15H12N6O2/c16-15-14(19-17-11-6-2-1-3-7-11)13(18-20-15)10-5-4-8-12(9-10)21(22)23/h1-9,17H,(H2,16,19,20). The summed E-state index contributed by atoms with van der Waals surface area (Å²) in [5, 5.41) is 22.9. The van der Waals surface area contributed by atoms with Crippen LogP contribution in [0.15, 0.2) is 69.9 Å². The normalized spacial score (nSPS) is 15.2. The molecule has 0 unspecified atom stereocenters. The van der Waals surface area contributed by atoms with Crippen LogP contribution in [0.4, 0.5) is 11.4 Å². The first-order chi connectivity index (χ1) is 11.1. The summed E-state index contributed by atoms with van der Waals surface area (Å²) in [6, 6.07) is 15.4. The van der Waals surface area contributed by atoms with Crippen molar-refractivity contribution in [3.8, 4) is 0 Å². The van der Waals surface area contributed by atoms with E-state index in [0.29, 0.717) is 17.0 Å². The van der Waals surface area contributed by atoms with Crippen molar-refractivity contribution in [3.63, 3.8) is 0 Å². The maximum atomic E-state index is 10.9. The van der Waals surface area contributed by atoms with Gasteiger partial charge in [-0.05, 0) is 12.1 Å². The number of nitrogens with one attached hydrogen (secondary N) is 1. The summed E-state index contributed by atoms with van der Waals surface area (Å²) in [4.78, 5) is 10.4. The van der Waals surface area contributed by atoms with Gasteiger partial charge in [0.15, 0.2) is 11.5 Å². The zero-order chi connectivity index (χ0) is 16.2. The van der Waals surface area contributed by atoms with E-state index in [2.05, 4.69) is 20.7 Å². The molecule has 1 aliphatic heterocycles. The second kappa shape index (κ2) is 6.06. The lowest BCUT2D eigenvalue weighted by Crippen LogP contribution is -2.28. The lowest BCUT2D eigenvalue weighted by Gasteiger charge is -2.05. The number of anilines is 1. The minimum Gasteiger partial charge on any atom is -0.380 e. The first-order valence-corrected chi connectivity index (χ1v) is 6.70. The number of hydrazone groups is 1. The molecule has 1 heterocycles. The van der Waals surface area contributed by atoms with E-state index in [1.54, 1.807) is 12.1 Å². The molecular formula is C15H12N6O2. The summed E-state index contributed by atoms with van der Waals surface area (Å²) in [7, 11) is 0. The first kappa shape index (κ1) is 14.4. The Bertz CT molecular complexity index is 842. The fourth-order valence-corrected chi connectivity index (χ4v) is 2.02. The highest BCUT2D eigenvalue weighted by Gasteiger charge is 2.23. The third-order valence-electron chi connectivity index (χ3n) is 3.13. The predicted molar refractivity (Wildman–Crippen MR) is 88.8 cm³/mol. The number of nitrogens with zero attached hydrogens (tertiary/aromatic N) is 4. The van der Waals surface area contributed by atoms with Gasteiger partial charge in [0.25, 0.3) is 5.69 Å². The van der Waals surface area contributed by atoms with E-state index < -0.39 is 4.92 Å². The van der Waals surface area contributed by atoms with Crippen molar-refractivity contribution in [2.24, 2.45) is 21.0 Å². The van der Waals surface area contributed by atoms with Gasteiger partial charge in [-0.2, -0.15) is 5.10 Å². The maximum absolute atomic E-state index is 10.9. The lowest BCUT2D eigenvalue weighted by molar-refractivity contribution is -0.384. The number of nitro benzene ring substituents is 1. The third-order valence-corrected chi connectivity index (χ3v) is 3.13. The van der Waals surface area contributed by atoms with Crippen molar-refractivity contribution in [1.29, 1.82) is 0 Å². The zero-order valence-electron chi connectivity index (χ0n) is 11.9. The smallest absolute Gasteiger partial charge is 0.270 e. The molecule has 0 amide bonds. The van der Waals surface area contributed by atoms with Crippen LogP contribution in [0.25, 0.3) is 0 Å². The number of nitro groups is 1. The van der Waals surface area contributed by atoms with E-state index in [-0.39, 0.29) is 11.5 Å². The topological polar surface area (TPSA) is 118 Å². The van der Waals surface area contributed by atoms with Crippen molar-refractivity contribution in [2.45, 2.75) is 0 Å². The highest BCUT2D eigenvalue weighted by Crippen LogP contribution is 2.17. The van der Waals surface area contributed by atoms with Gasteiger partial charge in [-0.1, -0.05) is 30.3 Å². The van der Waals surface area contributed by atoms with Gasteiger partial charge in [0.05, 0.1) is 10.6 Å². The molecule has 0 radical (unpaired) electrons. The Morgan fingerprint density at radius 1 is 1.09 bits per heavy atom. The molecule has 0 aromatic heterocycles. The number of benzene rings is 2. The summed E-state index contributed by atoms with van der Waals surface area (Å²) < 4.78 is 0. The van der Waals surface area contributed by atoms with E-state index >= 15 is 0 Å². The summed E-state index contributed by atoms with van der Waals surface area (Å²) in [5.74, 6) is 0.148. The van der Waals surface area contributed by atoms with Crippen LogP contribution in [0.5, 0.6) is 0 Å². The number of rotatable bonds is 4. The van der Waals surface area contributed by atoms with Gasteiger partial charge in [-0.3, -0.25) is 15.5 Å². The quantitative estimate of drug-likeness (QED) is 0.664. The van der Waals surface area contributed by atoms with Crippen molar-refractivity contribution in [3.05, 3.63) is 70.3 Å². The molecule has 0 spiro atoms. The summed E-state index contributed by atoms with van der Waals surface area (Å²) in [5.41, 5.74) is 10.7. The molecule has 3 rings (SSSR count). The van der Waals surface area contributed by atoms with Crippen molar-refractivity contribution < 1.29 is 4.92 Å². The van der Waals surface area contributed by atoms with Gasteiger partial charge in [0.2, 0.25) is 0 Å². The molecular weight excluding hydrogens is 296 g/mol. The molecule has 0 saturated heterocycles. The van der Waals surface area contributed by atoms with Gasteiger partial charge in [-0.25, -0.2) is 0 Å². The molecule has 8 nitrogen and oxygen atoms in total. The monoisotopic (exact) mass is 308 g/mol. The number of para-hydroxylation sites is 1. The van der Waals surface area contributed by atoms with Crippen molar-refractivity contribution >= 4 is 28.6 Å². The number of amidine groups is 1. The summed E-state index contributed by atoms with van der Waals surface area (Å²) in [6.45, 7) is 0. The van der Waals surface area contributed by atoms with Crippen LogP contribution < -0.4 is 11.2 Å². The molecule has 114 valence electrons. The van der Waals surface area contributed by atoms with E-state index in [4.69, 9.17) is 5.73 Å². The Morgan fingerprint density at radius 3 is 2.61 bits per heavy atom. The predicted octanol–water partition coefficient (Wildman–Crippen LogP) is 2.14. The second-order valence-corrected chi connectivity index (χ2v) is 4.68. The van der Waals surface area contributed by atoms with Crippen molar-refractivity contribution in [2.75, 3.05) is 5.43 Å². The number of nitrogens with two attached hydrogens (primary N) is 1. The van der Waals surface area contributed by atoms with Gasteiger partial charge in [0, 0.05) is 17.7 Å². The largest absolute Gasteiger partial charge is 0.380 e. The minimum absolute atomic E-state index is 0.0361. The summed E-state index contributed by atoms with van der Waals surface area (Å²) >= 11 is 0. The molecule has 2 aromatic carbocycles. The maximum Gasteiger partial charge on any atom is 0.270 e. The highest BCUT2D eigenvalue weighted by atomic mass is 16.6. The number of hydrogen-bond donors (Lipinski definition) is 2. The fourth-order valence-electron chi connectivity index (χ4n) is 2.02. The summed E-state index contributed by atoms with van der Waals surface area (Å²) in [6.07, 6.45) is 0. The number of hydrogen-bond acceptors (Lipinski definition) is 7. The Morgan fingerprint density at radius 2 is 1.87 bits per heavy atom. The molecule has 8 heteroatoms. The van der Waals surface area contributed by atoms with Crippen LogP contribution in [0.1, 0.15) is 5.56 Å². The third kappa shape index (κ3) is 3.05. The molecule has 1 aliphatic rings. The van der Waals surface area contributed by atoms with Crippen LogP contribution in [0.3, 0.4) is 0 Å². The van der Waals surface area contributed by atoms with Crippen LogP contribution in [0, 0.1) is 10.1 Å². The van der Waals surface area contributed by atoms with Gasteiger partial charge in [0.1, 0.15) is 5.71 Å². The molecule has 3 N–H and O–H groups in total. The number of non-ortho nitro benzene ring substituents is 1. The molecule has 0 fully saturated rings. The molecule has 2 aromatic rings. The zero-order valence-corrected chi connectivity index (χ0v) is 11.9. The fraction of sp³-hybridized carbons (Fsp3) is 0. The SMILES string of the molecule is NC1=NN=C(c2cccc([N+](=O)[O-])c2)/C1=N\Nc1ccccc1. The first-order valence-electron chi connectivity index (χ1n) is 6.70. The van der Waals surface area contributed by atoms with E-state index in [9.17, 15) is 10.1 Å². The van der Waals surface area contributed by atoms with Crippen LogP contribution in [-0.2, 0) is 0 Å². The minimum atomic E-state index is -0.470. The lowest BCUT2D eigenvalue weighted by atomic mass is 10.1. The molecule has 0 atom stereocenters. The molecule has 0 aliphatic carbocycles. The van der Waals surface area contributed by atoms with Gasteiger partial charge in [-0.15, -0.1) is 10.2 Å². The van der Waals surface area contributed by atoms with Gasteiger partial charge >= 0.3 is 0 Å². The van der Waals surface area contributed by atoms with E-state index in [0.717, 1.165) is 5.69 Å². The Balaban J connectivity index is 1.90. The van der Waals surface area contributed by atoms with Crippen molar-refractivity contribution in [1.82, 2.24) is 0 Å². The molecule has 0 saturated carbocycles. The second-order valence-electron chi connectivity index (χ2n) is 4.68. The van der Waals surface area contributed by atoms with Crippen LogP contribution in [-0.4, -0.2) is 22.2 Å². The van der Waals surface area contributed by atoms with Crippen LogP contribution >= 0.6 is 0 Å². The Kier molecular flexibility index (Phi) is 3.79. The average molecular weight is 308 g/mol. The van der Waals surface area contributed by atoms with Gasteiger partial charge < -0.3 is 5.73 Å². The highest BCUT2D eigenvalue weighted by molar-refractivity contribution is 6.72. The average Bonchev–Trinajstić information content (AvgIpc) is 2.95. The molecule has 23 heavy (non-hydrogen) atoms. The molecule has 0 bridgehead atoms. The van der Waals surface area contributed by atoms with E-state index in [1.165, 1.54) is 12.1 Å². The van der Waals surface area contributed by atoms with E-state index in [1.807, 2.05) is 30.3 Å².